The van der Waals surface area contributed by atoms with Crippen LogP contribution in [-0.2, 0) is 9.53 Å². The first-order chi connectivity index (χ1) is 12.8. The molecule has 5 atom stereocenters. The fourth-order valence-corrected chi connectivity index (χ4v) is 5.27. The zero-order valence-electron chi connectivity index (χ0n) is 20.6. The standard InChI is InChI=1S/C26H50O2/c1-19-11-10-12-22(15-19)24(27)28-18-23(21(3)17-26(7,8)9)14-13-20(2)16-25(4,5)6/h19-23H,10-18H2,1-9H3. The minimum Gasteiger partial charge on any atom is -0.465 e. The summed E-state index contributed by atoms with van der Waals surface area (Å²) in [5.41, 5.74) is 0.702. The molecule has 0 radical (unpaired) electrons. The SMILES string of the molecule is CC1CCCC(C(=O)OCC(CCC(C)CC(C)(C)C)C(C)CC(C)(C)C)C1. The van der Waals surface area contributed by atoms with Crippen LogP contribution in [0, 0.1) is 40.4 Å². The molecule has 0 aliphatic heterocycles. The molecule has 0 aromatic carbocycles. The fourth-order valence-electron chi connectivity index (χ4n) is 5.27. The van der Waals surface area contributed by atoms with Crippen molar-refractivity contribution in [2.75, 3.05) is 6.61 Å². The molecule has 2 nitrogen and oxygen atoms in total. The Labute approximate surface area is 176 Å². The van der Waals surface area contributed by atoms with Gasteiger partial charge in [-0.15, -0.1) is 0 Å². The minimum atomic E-state index is 0.0715. The average Bonchev–Trinajstić information content (AvgIpc) is 2.51. The van der Waals surface area contributed by atoms with Crippen LogP contribution in [0.5, 0.6) is 0 Å². The van der Waals surface area contributed by atoms with E-state index < -0.39 is 0 Å². The zero-order chi connectivity index (χ0) is 21.5. The van der Waals surface area contributed by atoms with Crippen molar-refractivity contribution in [2.24, 2.45) is 40.4 Å². The van der Waals surface area contributed by atoms with Crippen LogP contribution in [0.2, 0.25) is 0 Å². The Morgan fingerprint density at radius 3 is 2.11 bits per heavy atom. The second-order valence-electron chi connectivity index (χ2n) is 12.5. The van der Waals surface area contributed by atoms with E-state index in [1.54, 1.807) is 0 Å². The monoisotopic (exact) mass is 394 g/mol. The Kier molecular flexibility index (Phi) is 10.0. The molecule has 0 heterocycles. The first-order valence-electron chi connectivity index (χ1n) is 11.9. The van der Waals surface area contributed by atoms with Gasteiger partial charge in [0.2, 0.25) is 0 Å². The lowest BCUT2D eigenvalue weighted by Crippen LogP contribution is -2.28. The molecule has 1 fully saturated rings. The molecule has 28 heavy (non-hydrogen) atoms. The van der Waals surface area contributed by atoms with Crippen molar-refractivity contribution in [3.8, 4) is 0 Å². The highest BCUT2D eigenvalue weighted by Gasteiger charge is 2.29. The van der Waals surface area contributed by atoms with E-state index in [1.807, 2.05) is 0 Å². The quantitative estimate of drug-likeness (QED) is 0.371. The summed E-state index contributed by atoms with van der Waals surface area (Å²) in [6.07, 6.45) is 9.32. The maximum Gasteiger partial charge on any atom is 0.308 e. The molecule has 0 bridgehead atoms. The topological polar surface area (TPSA) is 26.3 Å². The summed E-state index contributed by atoms with van der Waals surface area (Å²) in [5, 5.41) is 0. The van der Waals surface area contributed by atoms with Gasteiger partial charge in [-0.1, -0.05) is 81.6 Å². The van der Waals surface area contributed by atoms with E-state index >= 15 is 0 Å². The highest BCUT2D eigenvalue weighted by atomic mass is 16.5. The van der Waals surface area contributed by atoms with E-state index in [4.69, 9.17) is 4.74 Å². The van der Waals surface area contributed by atoms with Crippen LogP contribution in [0.3, 0.4) is 0 Å². The zero-order valence-corrected chi connectivity index (χ0v) is 20.6. The number of hydrogen-bond donors (Lipinski definition) is 0. The number of carbonyl (C=O) groups excluding carboxylic acids is 1. The van der Waals surface area contributed by atoms with E-state index in [1.165, 1.54) is 38.5 Å². The second-order valence-corrected chi connectivity index (χ2v) is 12.5. The van der Waals surface area contributed by atoms with Gasteiger partial charge in [0.05, 0.1) is 12.5 Å². The van der Waals surface area contributed by atoms with Crippen molar-refractivity contribution in [2.45, 2.75) is 114 Å². The molecule has 166 valence electrons. The smallest absolute Gasteiger partial charge is 0.308 e. The first-order valence-corrected chi connectivity index (χ1v) is 11.9. The van der Waals surface area contributed by atoms with Gasteiger partial charge >= 0.3 is 5.97 Å². The molecule has 5 unspecified atom stereocenters. The molecule has 1 aliphatic rings. The van der Waals surface area contributed by atoms with Crippen LogP contribution in [0.1, 0.15) is 114 Å². The lowest BCUT2D eigenvalue weighted by molar-refractivity contribution is -0.152. The van der Waals surface area contributed by atoms with Crippen molar-refractivity contribution >= 4 is 5.97 Å². The van der Waals surface area contributed by atoms with E-state index in [0.717, 1.165) is 18.8 Å². The lowest BCUT2D eigenvalue weighted by atomic mass is 9.76. The Hall–Kier alpha value is -0.530. The fraction of sp³-hybridized carbons (Fsp3) is 0.962. The summed E-state index contributed by atoms with van der Waals surface area (Å²) in [6.45, 7) is 21.6. The maximum absolute atomic E-state index is 12.7. The van der Waals surface area contributed by atoms with E-state index in [-0.39, 0.29) is 11.9 Å². The number of ether oxygens (including phenoxy) is 1. The Morgan fingerprint density at radius 1 is 0.964 bits per heavy atom. The number of rotatable bonds is 9. The van der Waals surface area contributed by atoms with Gasteiger partial charge in [0.1, 0.15) is 0 Å². The highest BCUT2D eigenvalue weighted by Crippen LogP contribution is 2.34. The molecule has 0 saturated heterocycles. The number of carbonyl (C=O) groups is 1. The van der Waals surface area contributed by atoms with E-state index in [0.29, 0.717) is 35.2 Å². The summed E-state index contributed by atoms with van der Waals surface area (Å²) in [5.74, 6) is 2.66. The van der Waals surface area contributed by atoms with Crippen LogP contribution in [0.25, 0.3) is 0 Å². The van der Waals surface area contributed by atoms with Gasteiger partial charge in [-0.05, 0) is 66.6 Å². The summed E-state index contributed by atoms with van der Waals surface area (Å²) in [6, 6.07) is 0. The summed E-state index contributed by atoms with van der Waals surface area (Å²) in [7, 11) is 0. The van der Waals surface area contributed by atoms with Crippen molar-refractivity contribution in [3.63, 3.8) is 0 Å². The van der Waals surface area contributed by atoms with Crippen LogP contribution >= 0.6 is 0 Å². The number of hydrogen-bond acceptors (Lipinski definition) is 2. The molecule has 2 heteroatoms. The van der Waals surface area contributed by atoms with Gasteiger partial charge in [-0.25, -0.2) is 0 Å². The van der Waals surface area contributed by atoms with Crippen molar-refractivity contribution < 1.29 is 9.53 Å². The Balaban J connectivity index is 2.62. The van der Waals surface area contributed by atoms with Crippen LogP contribution in [0.4, 0.5) is 0 Å². The first kappa shape index (κ1) is 25.5. The molecule has 1 saturated carbocycles. The summed E-state index contributed by atoms with van der Waals surface area (Å²) in [4.78, 5) is 12.7. The summed E-state index contributed by atoms with van der Waals surface area (Å²) >= 11 is 0. The van der Waals surface area contributed by atoms with Gasteiger partial charge in [0.15, 0.2) is 0 Å². The normalized spacial score (nSPS) is 24.5. The highest BCUT2D eigenvalue weighted by molar-refractivity contribution is 5.72. The largest absolute Gasteiger partial charge is 0.465 e. The van der Waals surface area contributed by atoms with E-state index in [9.17, 15) is 4.79 Å². The Bertz CT molecular complexity index is 454. The molecule has 0 aromatic heterocycles. The molecule has 1 rings (SSSR count). The predicted octanol–water partition coefficient (Wildman–Crippen LogP) is 7.90. The summed E-state index contributed by atoms with van der Waals surface area (Å²) < 4.78 is 5.92. The number of esters is 1. The van der Waals surface area contributed by atoms with Gasteiger partial charge in [0, 0.05) is 0 Å². The van der Waals surface area contributed by atoms with Crippen LogP contribution in [0.15, 0.2) is 0 Å². The van der Waals surface area contributed by atoms with Crippen molar-refractivity contribution in [1.29, 1.82) is 0 Å². The molecule has 0 aromatic rings. The molecule has 1 aliphatic carbocycles. The molecular weight excluding hydrogens is 344 g/mol. The molecular formula is C26H50O2. The van der Waals surface area contributed by atoms with Crippen molar-refractivity contribution in [1.82, 2.24) is 0 Å². The van der Waals surface area contributed by atoms with Gasteiger partial charge in [0.25, 0.3) is 0 Å². The third-order valence-corrected chi connectivity index (χ3v) is 6.44. The second kappa shape index (κ2) is 11.0. The minimum absolute atomic E-state index is 0.0715. The lowest BCUT2D eigenvalue weighted by Gasteiger charge is -2.32. The van der Waals surface area contributed by atoms with Crippen molar-refractivity contribution in [3.05, 3.63) is 0 Å². The van der Waals surface area contributed by atoms with Gasteiger partial charge < -0.3 is 4.74 Å². The average molecular weight is 395 g/mol. The predicted molar refractivity (Wildman–Crippen MR) is 121 cm³/mol. The van der Waals surface area contributed by atoms with Gasteiger partial charge in [-0.3, -0.25) is 4.79 Å². The maximum atomic E-state index is 12.7. The molecule has 0 spiro atoms. The van der Waals surface area contributed by atoms with Crippen LogP contribution in [-0.4, -0.2) is 12.6 Å². The van der Waals surface area contributed by atoms with Crippen LogP contribution < -0.4 is 0 Å². The van der Waals surface area contributed by atoms with Gasteiger partial charge in [-0.2, -0.15) is 0 Å². The van der Waals surface area contributed by atoms with E-state index in [2.05, 4.69) is 62.3 Å². The third kappa shape index (κ3) is 10.9. The molecule has 0 N–H and O–H groups in total. The molecule has 0 amide bonds. The Morgan fingerprint density at radius 2 is 1.57 bits per heavy atom. The third-order valence-electron chi connectivity index (χ3n) is 6.44.